The predicted octanol–water partition coefficient (Wildman–Crippen LogP) is 3.01. The number of aromatic nitrogens is 3. The molecule has 2 aromatic heterocycles. The van der Waals surface area contributed by atoms with Crippen LogP contribution < -0.4 is 10.6 Å². The quantitative estimate of drug-likeness (QED) is 0.548. The van der Waals surface area contributed by atoms with Crippen molar-refractivity contribution in [3.8, 4) is 11.3 Å². The minimum atomic E-state index is -3.47. The Balaban J connectivity index is 1.71. The number of nitrogens with zero attached hydrogens (tertiary/aromatic N) is 3. The second-order valence-electron chi connectivity index (χ2n) is 7.50. The van der Waals surface area contributed by atoms with E-state index in [0.717, 1.165) is 23.2 Å². The molecule has 0 radical (unpaired) electrons. The van der Waals surface area contributed by atoms with E-state index in [1.165, 1.54) is 18.2 Å². The van der Waals surface area contributed by atoms with Gasteiger partial charge in [0.2, 0.25) is 5.95 Å². The molecule has 1 unspecified atom stereocenters. The van der Waals surface area contributed by atoms with Crippen molar-refractivity contribution in [3.05, 3.63) is 53.3 Å². The highest BCUT2D eigenvalue weighted by molar-refractivity contribution is 7.90. The summed E-state index contributed by atoms with van der Waals surface area (Å²) in [7, 11) is -3.47. The van der Waals surface area contributed by atoms with Crippen LogP contribution >= 0.6 is 11.6 Å². The largest absolute Gasteiger partial charge is 0.395 e. The van der Waals surface area contributed by atoms with E-state index in [1.54, 1.807) is 18.5 Å². The van der Waals surface area contributed by atoms with Gasteiger partial charge in [0.1, 0.15) is 5.82 Å². The highest BCUT2D eigenvalue weighted by Gasteiger charge is 2.35. The molecule has 0 bridgehead atoms. The van der Waals surface area contributed by atoms with Gasteiger partial charge >= 0.3 is 0 Å². The number of anilines is 3. The lowest BCUT2D eigenvalue weighted by Gasteiger charge is -2.20. The van der Waals surface area contributed by atoms with Gasteiger partial charge in [-0.25, -0.2) is 23.4 Å². The van der Waals surface area contributed by atoms with Crippen molar-refractivity contribution in [1.29, 1.82) is 0 Å². The fourth-order valence-corrected chi connectivity index (χ4v) is 4.34. The number of benzene rings is 1. The summed E-state index contributed by atoms with van der Waals surface area (Å²) in [6.07, 6.45) is 4.40. The Kier molecular flexibility index (Phi) is 5.13. The summed E-state index contributed by atoms with van der Waals surface area (Å²) < 4.78 is 24.2. The molecule has 1 aromatic carbocycles. The molecule has 1 atom stereocenters. The minimum absolute atomic E-state index is 0.00223. The number of hydrogen-bond acceptors (Lipinski definition) is 8. The average Bonchev–Trinajstić information content (AvgIpc) is 3.04. The van der Waals surface area contributed by atoms with E-state index in [-0.39, 0.29) is 17.5 Å². The third-order valence-electron chi connectivity index (χ3n) is 5.07. The fraction of sp³-hybridized carbons (Fsp3) is 0.250. The molecular weight excluding hydrogens is 426 g/mol. The molecule has 4 rings (SSSR count). The maximum Gasteiger partial charge on any atom is 0.227 e. The summed E-state index contributed by atoms with van der Waals surface area (Å²) in [5, 5.41) is 16.3. The van der Waals surface area contributed by atoms with Gasteiger partial charge in [0, 0.05) is 46.8 Å². The third-order valence-corrected chi connectivity index (χ3v) is 6.46. The van der Waals surface area contributed by atoms with Gasteiger partial charge in [0.25, 0.3) is 0 Å². The number of pyridine rings is 1. The van der Waals surface area contributed by atoms with E-state index in [0.29, 0.717) is 22.9 Å². The van der Waals surface area contributed by atoms with Gasteiger partial charge in [-0.1, -0.05) is 18.5 Å². The van der Waals surface area contributed by atoms with Gasteiger partial charge in [-0.3, -0.25) is 0 Å². The van der Waals surface area contributed by atoms with E-state index in [1.807, 2.05) is 13.0 Å². The molecule has 156 valence electrons. The van der Waals surface area contributed by atoms with Crippen molar-refractivity contribution in [1.82, 2.24) is 15.0 Å². The van der Waals surface area contributed by atoms with E-state index in [4.69, 9.17) is 11.6 Å². The summed E-state index contributed by atoms with van der Waals surface area (Å²) in [5.74, 6) is 0.975. The number of hydrogen-bond donors (Lipinski definition) is 3. The molecule has 3 aromatic rings. The second kappa shape index (κ2) is 7.50. The first-order valence-corrected chi connectivity index (χ1v) is 11.4. The summed E-state index contributed by atoms with van der Waals surface area (Å²) in [5.41, 5.74) is 2.17. The standard InChI is InChI=1S/C20H20ClN5O3S/c1-20(11-27)10-24-18-14(20)7-12(9-23-18)15-5-6-22-19(25-15)26-16-8-13(21)3-4-17(16)30(2,28)29/h3-9,27H,10-11H2,1-2H3,(H,23,24)(H,22,25,26). The first-order valence-electron chi connectivity index (χ1n) is 9.15. The Hall–Kier alpha value is -2.75. The van der Waals surface area contributed by atoms with Crippen molar-refractivity contribution < 1.29 is 13.5 Å². The summed E-state index contributed by atoms with van der Waals surface area (Å²) >= 11 is 6.04. The minimum Gasteiger partial charge on any atom is -0.395 e. The number of sulfone groups is 1. The van der Waals surface area contributed by atoms with E-state index >= 15 is 0 Å². The molecule has 3 N–H and O–H groups in total. The molecule has 3 heterocycles. The zero-order chi connectivity index (χ0) is 21.5. The molecule has 10 heteroatoms. The normalized spacial score (nSPS) is 18.0. The van der Waals surface area contributed by atoms with Gasteiger partial charge in [-0.05, 0) is 30.3 Å². The molecule has 0 fully saturated rings. The first-order chi connectivity index (χ1) is 14.2. The van der Waals surface area contributed by atoms with Gasteiger partial charge < -0.3 is 15.7 Å². The summed E-state index contributed by atoms with van der Waals surface area (Å²) in [6, 6.07) is 8.16. The predicted molar refractivity (Wildman–Crippen MR) is 116 cm³/mol. The maximum absolute atomic E-state index is 12.1. The lowest BCUT2D eigenvalue weighted by atomic mass is 9.85. The molecule has 0 saturated heterocycles. The Bertz CT molecular complexity index is 1230. The molecule has 8 nitrogen and oxygen atoms in total. The SMILES string of the molecule is CC1(CO)CNc2ncc(-c3ccnc(Nc4cc(Cl)ccc4S(C)(=O)=O)n3)cc21. The van der Waals surface area contributed by atoms with Crippen LogP contribution in [0.1, 0.15) is 12.5 Å². The molecular formula is C20H20ClN5O3S. The number of nitrogens with one attached hydrogen (secondary N) is 2. The van der Waals surface area contributed by atoms with Crippen molar-refractivity contribution in [2.75, 3.05) is 30.0 Å². The van der Waals surface area contributed by atoms with E-state index in [2.05, 4.69) is 25.6 Å². The zero-order valence-electron chi connectivity index (χ0n) is 16.3. The van der Waals surface area contributed by atoms with E-state index in [9.17, 15) is 13.5 Å². The van der Waals surface area contributed by atoms with Gasteiger partial charge in [-0.15, -0.1) is 0 Å². The van der Waals surface area contributed by atoms with Crippen LogP contribution in [-0.4, -0.2) is 47.9 Å². The fourth-order valence-electron chi connectivity index (χ4n) is 3.34. The summed E-state index contributed by atoms with van der Waals surface area (Å²) in [6.45, 7) is 2.57. The molecule has 0 aliphatic carbocycles. The van der Waals surface area contributed by atoms with Crippen LogP contribution in [0.25, 0.3) is 11.3 Å². The highest BCUT2D eigenvalue weighted by atomic mass is 35.5. The smallest absolute Gasteiger partial charge is 0.227 e. The number of fused-ring (bicyclic) bond motifs is 1. The molecule has 0 amide bonds. The van der Waals surface area contributed by atoms with Crippen LogP contribution in [0.2, 0.25) is 5.02 Å². The highest BCUT2D eigenvalue weighted by Crippen LogP contribution is 2.37. The van der Waals surface area contributed by atoms with Crippen molar-refractivity contribution >= 4 is 38.9 Å². The molecule has 30 heavy (non-hydrogen) atoms. The van der Waals surface area contributed by atoms with Crippen LogP contribution in [0.4, 0.5) is 17.5 Å². The van der Waals surface area contributed by atoms with Gasteiger partial charge in [0.15, 0.2) is 9.84 Å². The Morgan fingerprint density at radius 1 is 1.27 bits per heavy atom. The topological polar surface area (TPSA) is 117 Å². The number of rotatable bonds is 5. The second-order valence-corrected chi connectivity index (χ2v) is 9.92. The van der Waals surface area contributed by atoms with Gasteiger partial charge in [-0.2, -0.15) is 0 Å². The van der Waals surface area contributed by atoms with Crippen molar-refractivity contribution in [3.63, 3.8) is 0 Å². The lowest BCUT2D eigenvalue weighted by molar-refractivity contribution is 0.218. The number of halogens is 1. The van der Waals surface area contributed by atoms with E-state index < -0.39 is 15.3 Å². The number of aliphatic hydroxyl groups is 1. The average molecular weight is 446 g/mol. The summed E-state index contributed by atoms with van der Waals surface area (Å²) in [4.78, 5) is 13.3. The lowest BCUT2D eigenvalue weighted by Crippen LogP contribution is -2.28. The maximum atomic E-state index is 12.1. The van der Waals surface area contributed by atoms with Crippen LogP contribution in [0.15, 0.2) is 47.6 Å². The van der Waals surface area contributed by atoms with Crippen LogP contribution in [-0.2, 0) is 15.3 Å². The van der Waals surface area contributed by atoms with Crippen molar-refractivity contribution in [2.45, 2.75) is 17.2 Å². The zero-order valence-corrected chi connectivity index (χ0v) is 17.9. The molecule has 0 saturated carbocycles. The molecule has 1 aliphatic rings. The number of aliphatic hydroxyl groups excluding tert-OH is 1. The van der Waals surface area contributed by atoms with Gasteiger partial charge in [0.05, 0.1) is 22.9 Å². The Morgan fingerprint density at radius 2 is 2.07 bits per heavy atom. The Labute approximate surface area is 179 Å². The Morgan fingerprint density at radius 3 is 2.80 bits per heavy atom. The molecule has 0 spiro atoms. The first kappa shape index (κ1) is 20.5. The third kappa shape index (κ3) is 3.83. The van der Waals surface area contributed by atoms with Crippen LogP contribution in [0.5, 0.6) is 0 Å². The monoisotopic (exact) mass is 445 g/mol. The van der Waals surface area contributed by atoms with Crippen LogP contribution in [0, 0.1) is 0 Å². The van der Waals surface area contributed by atoms with Crippen molar-refractivity contribution in [2.24, 2.45) is 0 Å². The molecule has 1 aliphatic heterocycles. The van der Waals surface area contributed by atoms with Crippen LogP contribution in [0.3, 0.4) is 0 Å².